The van der Waals surface area contributed by atoms with Gasteiger partial charge in [0.1, 0.15) is 0 Å². The molecule has 1 aliphatic heterocycles. The molecule has 1 amide bonds. The maximum absolute atomic E-state index is 13.7. The second kappa shape index (κ2) is 7.65. The first-order chi connectivity index (χ1) is 14.6. The lowest BCUT2D eigenvalue weighted by Crippen LogP contribution is -2.39. The second-order valence-corrected chi connectivity index (χ2v) is 8.72. The number of fused-ring (bicyclic) bond motifs is 1. The first-order valence-electron chi connectivity index (χ1n) is 10.2. The van der Waals surface area contributed by atoms with E-state index < -0.39 is 0 Å². The molecule has 1 fully saturated rings. The van der Waals surface area contributed by atoms with Gasteiger partial charge in [-0.05, 0) is 25.8 Å². The maximum atomic E-state index is 13.7. The van der Waals surface area contributed by atoms with Crippen LogP contribution in [0.15, 0.2) is 48.0 Å². The molecule has 1 aromatic carbocycles. The Hall–Kier alpha value is -3.06. The highest BCUT2D eigenvalue weighted by Crippen LogP contribution is 2.32. The van der Waals surface area contributed by atoms with Crippen molar-refractivity contribution in [1.29, 1.82) is 0 Å². The Labute approximate surface area is 179 Å². The van der Waals surface area contributed by atoms with Crippen molar-refractivity contribution >= 4 is 28.3 Å². The first kappa shape index (κ1) is 18.9. The van der Waals surface area contributed by atoms with Crippen molar-refractivity contribution in [3.63, 3.8) is 0 Å². The van der Waals surface area contributed by atoms with Crippen molar-refractivity contribution in [3.8, 4) is 11.3 Å². The Morgan fingerprint density at radius 1 is 1.23 bits per heavy atom. The molecule has 4 heterocycles. The van der Waals surface area contributed by atoms with Gasteiger partial charge in [0.25, 0.3) is 5.91 Å². The summed E-state index contributed by atoms with van der Waals surface area (Å²) in [6.07, 6.45) is 3.91. The number of nitrogens with zero attached hydrogens (tertiary/aromatic N) is 5. The van der Waals surface area contributed by atoms with Gasteiger partial charge in [0.05, 0.1) is 27.3 Å². The van der Waals surface area contributed by atoms with E-state index >= 15 is 0 Å². The quantitative estimate of drug-likeness (QED) is 0.495. The van der Waals surface area contributed by atoms with Crippen LogP contribution < -0.4 is 0 Å². The van der Waals surface area contributed by atoms with Gasteiger partial charge in [-0.1, -0.05) is 30.3 Å². The highest BCUT2D eigenvalue weighted by atomic mass is 32.1. The van der Waals surface area contributed by atoms with Crippen molar-refractivity contribution in [2.24, 2.45) is 7.05 Å². The third kappa shape index (κ3) is 3.29. The van der Waals surface area contributed by atoms with E-state index in [1.165, 1.54) is 0 Å². The number of carbonyl (C=O) groups is 1. The number of aromatic nitrogens is 4. The largest absolute Gasteiger partial charge is 0.338 e. The number of thiazole rings is 1. The van der Waals surface area contributed by atoms with Crippen LogP contribution in [-0.4, -0.2) is 43.6 Å². The molecule has 1 saturated heterocycles. The standard InChI is InChI=1S/C23H23N5OS/c1-15-20-18(23(29)28-11-6-9-17(14-28)22-24-10-12-30-22)13-19(16-7-4-3-5-8-16)25-21(20)27(2)26-15/h3-5,7-8,10,12-13,17H,6,9,11,14H2,1-2H3. The average molecular weight is 418 g/mol. The summed E-state index contributed by atoms with van der Waals surface area (Å²) in [7, 11) is 1.88. The molecule has 0 N–H and O–H groups in total. The minimum atomic E-state index is 0.0527. The van der Waals surface area contributed by atoms with Crippen LogP contribution in [0.2, 0.25) is 0 Å². The lowest BCUT2D eigenvalue weighted by atomic mass is 9.97. The topological polar surface area (TPSA) is 63.9 Å². The molecule has 6 nitrogen and oxygen atoms in total. The van der Waals surface area contributed by atoms with Gasteiger partial charge >= 0.3 is 0 Å². The molecule has 30 heavy (non-hydrogen) atoms. The molecule has 1 aliphatic rings. The smallest absolute Gasteiger partial charge is 0.254 e. The number of carbonyl (C=O) groups excluding carboxylic acids is 1. The highest BCUT2D eigenvalue weighted by Gasteiger charge is 2.29. The van der Waals surface area contributed by atoms with Crippen LogP contribution in [0.1, 0.15) is 39.8 Å². The van der Waals surface area contributed by atoms with Crippen LogP contribution >= 0.6 is 11.3 Å². The molecule has 5 rings (SSSR count). The van der Waals surface area contributed by atoms with Gasteiger partial charge in [-0.3, -0.25) is 9.48 Å². The summed E-state index contributed by atoms with van der Waals surface area (Å²) in [5.41, 5.74) is 4.04. The fourth-order valence-corrected chi connectivity index (χ4v) is 5.11. The SMILES string of the molecule is Cc1nn(C)c2nc(-c3ccccc3)cc(C(=O)N3CCCC(c4nccs4)C3)c12. The van der Waals surface area contributed by atoms with Gasteiger partial charge in [-0.15, -0.1) is 11.3 Å². The molecule has 0 spiro atoms. The van der Waals surface area contributed by atoms with E-state index in [-0.39, 0.29) is 5.91 Å². The third-order valence-corrected chi connectivity index (χ3v) is 6.72. The fraction of sp³-hybridized carbons (Fsp3) is 0.304. The lowest BCUT2D eigenvalue weighted by Gasteiger charge is -2.32. The van der Waals surface area contributed by atoms with Gasteiger partial charge in [0.15, 0.2) is 5.65 Å². The van der Waals surface area contributed by atoms with Crippen molar-refractivity contribution in [1.82, 2.24) is 24.6 Å². The molecule has 0 bridgehead atoms. The Bertz CT molecular complexity index is 1200. The highest BCUT2D eigenvalue weighted by molar-refractivity contribution is 7.09. The van der Waals surface area contributed by atoms with Crippen molar-refractivity contribution in [3.05, 3.63) is 64.2 Å². The zero-order chi connectivity index (χ0) is 20.7. The zero-order valence-corrected chi connectivity index (χ0v) is 17.9. The normalized spacial score (nSPS) is 16.9. The van der Waals surface area contributed by atoms with Crippen LogP contribution in [0.25, 0.3) is 22.3 Å². The molecule has 0 aliphatic carbocycles. The molecule has 1 atom stereocenters. The Morgan fingerprint density at radius 3 is 2.83 bits per heavy atom. The molecule has 7 heteroatoms. The first-order valence-corrected chi connectivity index (χ1v) is 11.1. The monoisotopic (exact) mass is 417 g/mol. The second-order valence-electron chi connectivity index (χ2n) is 7.79. The van der Waals surface area contributed by atoms with Crippen LogP contribution in [0.3, 0.4) is 0 Å². The van der Waals surface area contributed by atoms with Crippen LogP contribution in [0, 0.1) is 6.92 Å². The van der Waals surface area contributed by atoms with Gasteiger partial charge in [0, 0.05) is 43.2 Å². The predicted molar refractivity (Wildman–Crippen MR) is 119 cm³/mol. The number of amides is 1. The molecule has 0 radical (unpaired) electrons. The number of likely N-dealkylation sites (tertiary alicyclic amines) is 1. The van der Waals surface area contributed by atoms with Crippen LogP contribution in [-0.2, 0) is 7.05 Å². The van der Waals surface area contributed by atoms with Crippen LogP contribution in [0.5, 0.6) is 0 Å². The number of benzene rings is 1. The maximum Gasteiger partial charge on any atom is 0.254 e. The lowest BCUT2D eigenvalue weighted by molar-refractivity contribution is 0.0709. The minimum absolute atomic E-state index is 0.0527. The number of piperidine rings is 1. The summed E-state index contributed by atoms with van der Waals surface area (Å²) in [5, 5.41) is 8.52. The Balaban J connectivity index is 1.58. The number of pyridine rings is 1. The number of hydrogen-bond acceptors (Lipinski definition) is 5. The average Bonchev–Trinajstić information content (AvgIpc) is 3.42. The van der Waals surface area contributed by atoms with E-state index in [4.69, 9.17) is 4.98 Å². The van der Waals surface area contributed by atoms with E-state index in [0.717, 1.165) is 52.4 Å². The molecule has 0 saturated carbocycles. The minimum Gasteiger partial charge on any atom is -0.338 e. The molecular weight excluding hydrogens is 394 g/mol. The number of hydrogen-bond donors (Lipinski definition) is 0. The van der Waals surface area contributed by atoms with E-state index in [1.54, 1.807) is 16.0 Å². The molecular formula is C23H23N5OS. The Morgan fingerprint density at radius 2 is 2.07 bits per heavy atom. The predicted octanol–water partition coefficient (Wildman–Crippen LogP) is 4.42. The van der Waals surface area contributed by atoms with E-state index in [1.807, 2.05) is 66.8 Å². The summed E-state index contributed by atoms with van der Waals surface area (Å²) in [6.45, 7) is 3.41. The van der Waals surface area contributed by atoms with Gasteiger partial charge in [0.2, 0.25) is 0 Å². The molecule has 3 aromatic heterocycles. The fourth-order valence-electron chi connectivity index (χ4n) is 4.34. The summed E-state index contributed by atoms with van der Waals surface area (Å²) in [4.78, 5) is 25.0. The van der Waals surface area contributed by atoms with Crippen molar-refractivity contribution < 1.29 is 4.79 Å². The van der Waals surface area contributed by atoms with Crippen molar-refractivity contribution in [2.45, 2.75) is 25.7 Å². The summed E-state index contributed by atoms with van der Waals surface area (Å²) in [5.74, 6) is 0.362. The van der Waals surface area contributed by atoms with E-state index in [9.17, 15) is 4.79 Å². The van der Waals surface area contributed by atoms with Gasteiger partial charge in [-0.25, -0.2) is 9.97 Å². The molecule has 1 unspecified atom stereocenters. The summed E-state index contributed by atoms with van der Waals surface area (Å²) < 4.78 is 1.77. The Kier molecular flexibility index (Phi) is 4.83. The summed E-state index contributed by atoms with van der Waals surface area (Å²) >= 11 is 1.67. The van der Waals surface area contributed by atoms with Gasteiger partial charge in [-0.2, -0.15) is 5.10 Å². The van der Waals surface area contributed by atoms with E-state index in [2.05, 4.69) is 10.1 Å². The van der Waals surface area contributed by atoms with Gasteiger partial charge < -0.3 is 4.90 Å². The van der Waals surface area contributed by atoms with Crippen molar-refractivity contribution in [2.75, 3.05) is 13.1 Å². The summed E-state index contributed by atoms with van der Waals surface area (Å²) in [6, 6.07) is 11.9. The van der Waals surface area contributed by atoms with E-state index in [0.29, 0.717) is 18.0 Å². The molecule has 4 aromatic rings. The number of aryl methyl sites for hydroxylation is 2. The zero-order valence-electron chi connectivity index (χ0n) is 17.1. The number of rotatable bonds is 3. The third-order valence-electron chi connectivity index (χ3n) is 5.78. The van der Waals surface area contributed by atoms with Crippen LogP contribution in [0.4, 0.5) is 0 Å². The molecule has 152 valence electrons.